The third-order valence-electron chi connectivity index (χ3n) is 8.11. The molecule has 1 aromatic rings. The van der Waals surface area contributed by atoms with Crippen LogP contribution < -0.4 is 5.56 Å². The zero-order valence-electron chi connectivity index (χ0n) is 22.1. The lowest BCUT2D eigenvalue weighted by Gasteiger charge is -2.39. The van der Waals surface area contributed by atoms with Gasteiger partial charge in [0, 0.05) is 31.6 Å². The Labute approximate surface area is 208 Å². The highest BCUT2D eigenvalue weighted by Gasteiger charge is 2.46. The van der Waals surface area contributed by atoms with Gasteiger partial charge in [0.15, 0.2) is 0 Å². The van der Waals surface area contributed by atoms with Crippen LogP contribution >= 0.6 is 0 Å². The molecule has 1 saturated carbocycles. The summed E-state index contributed by atoms with van der Waals surface area (Å²) < 4.78 is 7.79. The van der Waals surface area contributed by atoms with Crippen LogP contribution in [-0.4, -0.2) is 37.9 Å². The van der Waals surface area contributed by atoms with E-state index in [2.05, 4.69) is 40.7 Å². The number of nitrogens with zero attached hydrogens (tertiary/aromatic N) is 1. The number of carbonyl (C=O) groups excluding carboxylic acids is 1. The van der Waals surface area contributed by atoms with E-state index < -0.39 is 17.8 Å². The van der Waals surface area contributed by atoms with E-state index >= 15 is 0 Å². The molecular weight excluding hydrogens is 446 g/mol. The zero-order valence-corrected chi connectivity index (χ0v) is 22.1. The molecule has 0 radical (unpaired) electrons. The molecule has 0 aromatic carbocycles. The van der Waals surface area contributed by atoms with Gasteiger partial charge in [0.2, 0.25) is 0 Å². The second kappa shape index (κ2) is 11.0. The topological polar surface area (TPSA) is 109 Å². The molecule has 0 unspecified atom stereocenters. The third-order valence-corrected chi connectivity index (χ3v) is 8.11. The van der Waals surface area contributed by atoms with Gasteiger partial charge >= 0.3 is 0 Å². The number of ether oxygens (including phenoxy) is 1. The summed E-state index contributed by atoms with van der Waals surface area (Å²) in [6.07, 6.45) is 5.01. The average molecular weight is 490 g/mol. The van der Waals surface area contributed by atoms with Crippen LogP contribution in [0.3, 0.4) is 0 Å². The molecule has 1 aliphatic heterocycles. The first-order chi connectivity index (χ1) is 16.4. The van der Waals surface area contributed by atoms with Crippen LogP contribution in [0, 0.1) is 17.8 Å². The average Bonchev–Trinajstić information content (AvgIpc) is 2.79. The number of carbonyl (C=O) groups is 1. The molecule has 35 heavy (non-hydrogen) atoms. The van der Waals surface area contributed by atoms with Crippen LogP contribution in [0.1, 0.15) is 96.8 Å². The number of rotatable bonds is 7. The van der Waals surface area contributed by atoms with Gasteiger partial charge < -0.3 is 24.6 Å². The van der Waals surface area contributed by atoms with Crippen molar-refractivity contribution in [1.29, 1.82) is 0 Å². The van der Waals surface area contributed by atoms with Crippen LogP contribution in [0.25, 0.3) is 0 Å². The monoisotopic (exact) mass is 489 g/mol. The number of Topliss-reactive ketones (excluding diaryl/α,β-unsaturated/α-hetero) is 1. The SMILES string of the molecule is CC[C@@H](C)C[C@@H](C)/C=C(\C)[C@@H]1O[C@H](c2c(O)c([C@@]3(O)CCC(=O)C[C@@H]3O)cn(C)c2=O)CC[C@H]1C. The molecule has 2 aliphatic rings. The summed E-state index contributed by atoms with van der Waals surface area (Å²) in [6.45, 7) is 10.9. The van der Waals surface area contributed by atoms with Crippen LogP contribution in [0.15, 0.2) is 22.6 Å². The summed E-state index contributed by atoms with van der Waals surface area (Å²) in [5, 5.41) is 33.1. The summed E-state index contributed by atoms with van der Waals surface area (Å²) in [6, 6.07) is 0. The molecule has 3 rings (SSSR count). The Morgan fingerprint density at radius 3 is 2.63 bits per heavy atom. The maximum atomic E-state index is 13.2. The summed E-state index contributed by atoms with van der Waals surface area (Å²) in [7, 11) is 1.56. The Morgan fingerprint density at radius 2 is 2.00 bits per heavy atom. The maximum Gasteiger partial charge on any atom is 0.259 e. The third kappa shape index (κ3) is 5.73. The van der Waals surface area contributed by atoms with Gasteiger partial charge in [-0.2, -0.15) is 0 Å². The molecule has 7 heteroatoms. The number of aromatic nitrogens is 1. The van der Waals surface area contributed by atoms with E-state index in [0.717, 1.165) is 24.8 Å². The molecule has 1 saturated heterocycles. The normalized spacial score (nSPS) is 31.9. The fourth-order valence-electron chi connectivity index (χ4n) is 5.78. The summed E-state index contributed by atoms with van der Waals surface area (Å²) >= 11 is 0. The number of aryl methyl sites for hydroxylation is 1. The molecule has 0 amide bonds. The van der Waals surface area contributed by atoms with Crippen LogP contribution in [0.5, 0.6) is 5.75 Å². The van der Waals surface area contributed by atoms with E-state index in [-0.39, 0.29) is 59.5 Å². The fraction of sp³-hybridized carbons (Fsp3) is 0.714. The van der Waals surface area contributed by atoms with Crippen molar-refractivity contribution in [1.82, 2.24) is 4.57 Å². The summed E-state index contributed by atoms with van der Waals surface area (Å²) in [5.41, 5.74) is -0.879. The highest BCUT2D eigenvalue weighted by molar-refractivity contribution is 5.80. The second-order valence-electron chi connectivity index (χ2n) is 11.1. The van der Waals surface area contributed by atoms with Crippen molar-refractivity contribution < 1.29 is 24.9 Å². The van der Waals surface area contributed by atoms with Crippen molar-refractivity contribution in [2.75, 3.05) is 0 Å². The molecule has 1 aliphatic carbocycles. The maximum absolute atomic E-state index is 13.2. The van der Waals surface area contributed by atoms with Crippen molar-refractivity contribution in [3.8, 4) is 5.75 Å². The first kappa shape index (κ1) is 27.6. The lowest BCUT2D eigenvalue weighted by molar-refractivity contribution is -0.143. The largest absolute Gasteiger partial charge is 0.507 e. The van der Waals surface area contributed by atoms with Gasteiger partial charge in [0.05, 0.1) is 23.9 Å². The van der Waals surface area contributed by atoms with Crippen molar-refractivity contribution in [3.05, 3.63) is 39.3 Å². The number of aliphatic hydroxyl groups is 2. The first-order valence-electron chi connectivity index (χ1n) is 13.1. The first-order valence-corrected chi connectivity index (χ1v) is 13.1. The van der Waals surface area contributed by atoms with E-state index in [1.165, 1.54) is 10.8 Å². The fourth-order valence-corrected chi connectivity index (χ4v) is 5.78. The van der Waals surface area contributed by atoms with Gasteiger partial charge in [-0.25, -0.2) is 0 Å². The van der Waals surface area contributed by atoms with E-state index in [4.69, 9.17) is 4.74 Å². The quantitative estimate of drug-likeness (QED) is 0.494. The summed E-state index contributed by atoms with van der Waals surface area (Å²) in [4.78, 5) is 24.9. The van der Waals surface area contributed by atoms with E-state index in [1.807, 2.05) is 0 Å². The van der Waals surface area contributed by atoms with Gasteiger partial charge in [0.25, 0.3) is 5.56 Å². The molecule has 3 N–H and O–H groups in total. The van der Waals surface area contributed by atoms with Crippen molar-refractivity contribution in [2.24, 2.45) is 24.8 Å². The molecule has 1 aromatic heterocycles. The molecule has 2 fully saturated rings. The van der Waals surface area contributed by atoms with Crippen LogP contribution in [0.4, 0.5) is 0 Å². The number of aromatic hydroxyl groups is 1. The number of pyridine rings is 1. The number of hydrogen-bond acceptors (Lipinski definition) is 6. The number of aliphatic hydroxyl groups excluding tert-OH is 1. The van der Waals surface area contributed by atoms with Crippen molar-refractivity contribution in [2.45, 2.75) is 103 Å². The predicted molar refractivity (Wildman–Crippen MR) is 135 cm³/mol. The van der Waals surface area contributed by atoms with E-state index in [1.54, 1.807) is 7.05 Å². The van der Waals surface area contributed by atoms with E-state index in [9.17, 15) is 24.9 Å². The highest BCUT2D eigenvalue weighted by atomic mass is 16.5. The molecule has 0 bridgehead atoms. The van der Waals surface area contributed by atoms with Gasteiger partial charge in [-0.1, -0.05) is 40.2 Å². The zero-order chi connectivity index (χ0) is 26.1. The minimum Gasteiger partial charge on any atom is -0.507 e. The number of allylic oxidation sites excluding steroid dienone is 1. The van der Waals surface area contributed by atoms with Crippen molar-refractivity contribution >= 4 is 5.78 Å². The van der Waals surface area contributed by atoms with Gasteiger partial charge in [0.1, 0.15) is 17.1 Å². The Hall–Kier alpha value is -1.96. The Bertz CT molecular complexity index is 1010. The van der Waals surface area contributed by atoms with Gasteiger partial charge in [-0.3, -0.25) is 9.59 Å². The number of ketones is 1. The second-order valence-corrected chi connectivity index (χ2v) is 11.1. The molecule has 2 heterocycles. The standard InChI is InChI=1S/C28H43NO6/c1-7-16(2)12-17(3)13-19(5)26-18(4)8-9-22(35-26)24-25(32)21(15-29(6)27(24)33)28(34)11-10-20(30)14-23(28)31/h13,15-18,22-23,26,31-32,34H,7-12,14H2,1-6H3/b19-13+/t16-,17-,18-,22+,23+,26-,28+/m1/s1. The minimum atomic E-state index is -1.80. The Morgan fingerprint density at radius 1 is 1.31 bits per heavy atom. The minimum absolute atomic E-state index is 0.0146. The molecule has 196 valence electrons. The predicted octanol–water partition coefficient (Wildman–Crippen LogP) is 4.27. The molecule has 0 spiro atoms. The lowest BCUT2D eigenvalue weighted by Crippen LogP contribution is -2.46. The summed E-state index contributed by atoms with van der Waals surface area (Å²) in [5.74, 6) is 0.849. The molecular formula is C28H43NO6. The number of hydrogen-bond donors (Lipinski definition) is 3. The van der Waals surface area contributed by atoms with Crippen molar-refractivity contribution in [3.63, 3.8) is 0 Å². The van der Waals surface area contributed by atoms with Crippen LogP contribution in [-0.2, 0) is 22.2 Å². The highest BCUT2D eigenvalue weighted by Crippen LogP contribution is 2.45. The molecule has 7 nitrogen and oxygen atoms in total. The van der Waals surface area contributed by atoms with Gasteiger partial charge in [-0.15, -0.1) is 0 Å². The van der Waals surface area contributed by atoms with Crippen LogP contribution in [0.2, 0.25) is 0 Å². The Balaban J connectivity index is 1.95. The smallest absolute Gasteiger partial charge is 0.259 e. The van der Waals surface area contributed by atoms with Gasteiger partial charge in [-0.05, 0) is 55.9 Å². The van der Waals surface area contributed by atoms with E-state index in [0.29, 0.717) is 18.3 Å². The lowest BCUT2D eigenvalue weighted by atomic mass is 9.76. The Kier molecular flexibility index (Phi) is 8.66. The molecule has 7 atom stereocenters.